The molecule has 126 valence electrons. The van der Waals surface area contributed by atoms with Crippen LogP contribution >= 0.6 is 15.9 Å². The Bertz CT molecular complexity index is 833. The Labute approximate surface area is 155 Å². The van der Waals surface area contributed by atoms with E-state index in [1.807, 2.05) is 48.5 Å². The Morgan fingerprint density at radius 3 is 2.28 bits per heavy atom. The zero-order valence-corrected chi connectivity index (χ0v) is 15.3. The molecule has 0 saturated carbocycles. The molecular formula is C20H18BrN3O. The molecule has 25 heavy (non-hydrogen) atoms. The van der Waals surface area contributed by atoms with Crippen LogP contribution in [0.5, 0.6) is 0 Å². The summed E-state index contributed by atoms with van der Waals surface area (Å²) in [5, 5.41) is 6.21. The van der Waals surface area contributed by atoms with Crippen LogP contribution in [0.2, 0.25) is 0 Å². The van der Waals surface area contributed by atoms with E-state index in [0.717, 1.165) is 15.8 Å². The number of nitrogens with zero attached hydrogens (tertiary/aromatic N) is 1. The molecule has 2 N–H and O–H groups in total. The number of anilines is 2. The fourth-order valence-corrected chi connectivity index (χ4v) is 2.68. The zero-order chi connectivity index (χ0) is 17.6. The molecule has 1 heterocycles. The normalized spacial score (nSPS) is 11.6. The highest BCUT2D eigenvalue weighted by molar-refractivity contribution is 9.10. The molecule has 0 aliphatic carbocycles. The Hall–Kier alpha value is -2.66. The van der Waals surface area contributed by atoms with Crippen LogP contribution in [0.1, 0.15) is 29.0 Å². The lowest BCUT2D eigenvalue weighted by Crippen LogP contribution is -2.14. The van der Waals surface area contributed by atoms with Crippen LogP contribution in [0.4, 0.5) is 11.4 Å². The van der Waals surface area contributed by atoms with E-state index in [1.54, 1.807) is 12.3 Å². The third kappa shape index (κ3) is 4.67. The third-order valence-electron chi connectivity index (χ3n) is 3.78. The molecule has 2 aromatic carbocycles. The standard InChI is InChI=1S/C20H18BrN3O/c1-14(15-5-3-2-4-6-15)23-18-11-12-19(22-13-18)20(25)24-17-9-7-16(21)8-10-17/h2-14,23H,1H3,(H,24,25). The lowest BCUT2D eigenvalue weighted by molar-refractivity contribution is 0.102. The van der Waals surface area contributed by atoms with Crippen molar-refractivity contribution in [3.63, 3.8) is 0 Å². The first-order chi connectivity index (χ1) is 12.1. The van der Waals surface area contributed by atoms with E-state index in [2.05, 4.69) is 50.6 Å². The fraction of sp³-hybridized carbons (Fsp3) is 0.100. The Morgan fingerprint density at radius 1 is 0.960 bits per heavy atom. The van der Waals surface area contributed by atoms with E-state index >= 15 is 0 Å². The number of halogens is 1. The summed E-state index contributed by atoms with van der Waals surface area (Å²) in [5.41, 5.74) is 3.17. The van der Waals surface area contributed by atoms with Gasteiger partial charge in [0, 0.05) is 16.2 Å². The highest BCUT2D eigenvalue weighted by Crippen LogP contribution is 2.19. The molecule has 0 spiro atoms. The fourth-order valence-electron chi connectivity index (χ4n) is 2.42. The van der Waals surface area contributed by atoms with Crippen molar-refractivity contribution in [2.45, 2.75) is 13.0 Å². The molecule has 0 aliphatic heterocycles. The zero-order valence-electron chi connectivity index (χ0n) is 13.7. The van der Waals surface area contributed by atoms with Gasteiger partial charge in [0.05, 0.1) is 11.9 Å². The summed E-state index contributed by atoms with van der Waals surface area (Å²) in [7, 11) is 0. The molecule has 1 atom stereocenters. The van der Waals surface area contributed by atoms with Gasteiger partial charge in [-0.25, -0.2) is 4.98 Å². The molecule has 5 heteroatoms. The van der Waals surface area contributed by atoms with Gasteiger partial charge in [-0.2, -0.15) is 0 Å². The van der Waals surface area contributed by atoms with Crippen molar-refractivity contribution in [3.05, 3.63) is 88.7 Å². The lowest BCUT2D eigenvalue weighted by Gasteiger charge is -2.15. The summed E-state index contributed by atoms with van der Waals surface area (Å²) < 4.78 is 0.964. The molecule has 1 amide bonds. The Kier molecular flexibility index (Phi) is 5.46. The van der Waals surface area contributed by atoms with E-state index < -0.39 is 0 Å². The third-order valence-corrected chi connectivity index (χ3v) is 4.31. The number of amides is 1. The SMILES string of the molecule is CC(Nc1ccc(C(=O)Nc2ccc(Br)cc2)nc1)c1ccccc1. The summed E-state index contributed by atoms with van der Waals surface area (Å²) >= 11 is 3.37. The first kappa shape index (κ1) is 17.2. The van der Waals surface area contributed by atoms with Crippen LogP contribution in [-0.4, -0.2) is 10.9 Å². The van der Waals surface area contributed by atoms with Gasteiger partial charge in [0.1, 0.15) is 5.69 Å². The van der Waals surface area contributed by atoms with E-state index in [9.17, 15) is 4.79 Å². The number of nitrogens with one attached hydrogen (secondary N) is 2. The van der Waals surface area contributed by atoms with Crippen molar-refractivity contribution in [1.82, 2.24) is 4.98 Å². The maximum absolute atomic E-state index is 12.2. The van der Waals surface area contributed by atoms with Crippen molar-refractivity contribution in [2.24, 2.45) is 0 Å². The Morgan fingerprint density at radius 2 is 1.64 bits per heavy atom. The number of rotatable bonds is 5. The number of hydrogen-bond donors (Lipinski definition) is 2. The van der Waals surface area contributed by atoms with E-state index in [1.165, 1.54) is 5.56 Å². The van der Waals surface area contributed by atoms with Crippen molar-refractivity contribution >= 4 is 33.2 Å². The van der Waals surface area contributed by atoms with Gasteiger partial charge in [-0.3, -0.25) is 4.79 Å². The second-order valence-electron chi connectivity index (χ2n) is 5.67. The van der Waals surface area contributed by atoms with E-state index in [-0.39, 0.29) is 11.9 Å². The molecule has 0 aliphatic rings. The minimum atomic E-state index is -0.231. The second-order valence-corrected chi connectivity index (χ2v) is 6.59. The molecule has 4 nitrogen and oxygen atoms in total. The van der Waals surface area contributed by atoms with Crippen molar-refractivity contribution in [3.8, 4) is 0 Å². The summed E-state index contributed by atoms with van der Waals surface area (Å²) in [6.45, 7) is 2.09. The topological polar surface area (TPSA) is 54.0 Å². The highest BCUT2D eigenvalue weighted by atomic mass is 79.9. The molecule has 1 unspecified atom stereocenters. The molecule has 0 radical (unpaired) electrons. The van der Waals surface area contributed by atoms with E-state index in [0.29, 0.717) is 5.69 Å². The number of pyridine rings is 1. The van der Waals surface area contributed by atoms with Gasteiger partial charge in [0.25, 0.3) is 5.91 Å². The number of carbonyl (C=O) groups excluding carboxylic acids is 1. The predicted molar refractivity (Wildman–Crippen MR) is 105 cm³/mol. The van der Waals surface area contributed by atoms with Crippen LogP contribution in [-0.2, 0) is 0 Å². The second kappa shape index (κ2) is 7.94. The number of carbonyl (C=O) groups is 1. The van der Waals surface area contributed by atoms with Gasteiger partial charge >= 0.3 is 0 Å². The largest absolute Gasteiger partial charge is 0.377 e. The molecule has 3 rings (SSSR count). The first-order valence-electron chi connectivity index (χ1n) is 7.96. The van der Waals surface area contributed by atoms with Crippen LogP contribution in [0.15, 0.2) is 77.4 Å². The van der Waals surface area contributed by atoms with Gasteiger partial charge in [-0.15, -0.1) is 0 Å². The molecule has 1 aromatic heterocycles. The number of hydrogen-bond acceptors (Lipinski definition) is 3. The van der Waals surface area contributed by atoms with Gasteiger partial charge in [-0.1, -0.05) is 46.3 Å². The Balaban J connectivity index is 1.63. The molecular weight excluding hydrogens is 378 g/mol. The van der Waals surface area contributed by atoms with Crippen molar-refractivity contribution in [1.29, 1.82) is 0 Å². The summed E-state index contributed by atoms with van der Waals surface area (Å²) in [6, 6.07) is 21.3. The van der Waals surface area contributed by atoms with Gasteiger partial charge in [-0.05, 0) is 48.9 Å². The number of benzene rings is 2. The quantitative estimate of drug-likeness (QED) is 0.618. The average Bonchev–Trinajstić information content (AvgIpc) is 2.65. The average molecular weight is 396 g/mol. The predicted octanol–water partition coefficient (Wildman–Crippen LogP) is 5.27. The van der Waals surface area contributed by atoms with Gasteiger partial charge in [0.15, 0.2) is 0 Å². The molecule has 0 saturated heterocycles. The smallest absolute Gasteiger partial charge is 0.274 e. The summed E-state index contributed by atoms with van der Waals surface area (Å²) in [4.78, 5) is 16.5. The first-order valence-corrected chi connectivity index (χ1v) is 8.75. The maximum atomic E-state index is 12.2. The highest BCUT2D eigenvalue weighted by Gasteiger charge is 2.09. The summed E-state index contributed by atoms with van der Waals surface area (Å²) in [5.74, 6) is -0.231. The van der Waals surface area contributed by atoms with E-state index in [4.69, 9.17) is 0 Å². The minimum Gasteiger partial charge on any atom is -0.377 e. The number of aromatic nitrogens is 1. The lowest BCUT2D eigenvalue weighted by atomic mass is 10.1. The maximum Gasteiger partial charge on any atom is 0.274 e. The van der Waals surface area contributed by atoms with Crippen LogP contribution in [0, 0.1) is 0 Å². The summed E-state index contributed by atoms with van der Waals surface area (Å²) in [6.07, 6.45) is 1.68. The van der Waals surface area contributed by atoms with Crippen molar-refractivity contribution < 1.29 is 4.79 Å². The van der Waals surface area contributed by atoms with Crippen LogP contribution < -0.4 is 10.6 Å². The molecule has 3 aromatic rings. The van der Waals surface area contributed by atoms with Crippen LogP contribution in [0.3, 0.4) is 0 Å². The van der Waals surface area contributed by atoms with Crippen LogP contribution in [0.25, 0.3) is 0 Å². The minimum absolute atomic E-state index is 0.158. The van der Waals surface area contributed by atoms with Gasteiger partial charge in [0.2, 0.25) is 0 Å². The monoisotopic (exact) mass is 395 g/mol. The van der Waals surface area contributed by atoms with Gasteiger partial charge < -0.3 is 10.6 Å². The molecule has 0 bridgehead atoms. The van der Waals surface area contributed by atoms with Crippen molar-refractivity contribution in [2.75, 3.05) is 10.6 Å². The molecule has 0 fully saturated rings.